The maximum atomic E-state index is 14.4. The van der Waals surface area contributed by atoms with Crippen LogP contribution in [0.5, 0.6) is 0 Å². The lowest BCUT2D eigenvalue weighted by atomic mass is 9.98. The Labute approximate surface area is 200 Å². The summed E-state index contributed by atoms with van der Waals surface area (Å²) < 4.78 is 26.6. The molecule has 5 rings (SSSR count). The van der Waals surface area contributed by atoms with Gasteiger partial charge in [0.15, 0.2) is 12.0 Å². The summed E-state index contributed by atoms with van der Waals surface area (Å²) in [7, 11) is 1.83. The molecule has 0 saturated carbocycles. The lowest BCUT2D eigenvalue weighted by Crippen LogP contribution is -2.32. The fraction of sp³-hybridized carbons (Fsp3) is 0.320. The number of pyridine rings is 2. The van der Waals surface area contributed by atoms with Crippen LogP contribution < -0.4 is 11.3 Å². The van der Waals surface area contributed by atoms with E-state index in [-0.39, 0.29) is 35.5 Å². The summed E-state index contributed by atoms with van der Waals surface area (Å²) in [6.07, 6.45) is -0.722. The Morgan fingerprint density at radius 2 is 2.14 bits per heavy atom. The van der Waals surface area contributed by atoms with Gasteiger partial charge in [-0.2, -0.15) is 0 Å². The number of nitrogen functional groups attached to an aromatic ring is 1. The minimum atomic E-state index is -1.55. The van der Waals surface area contributed by atoms with Gasteiger partial charge in [-0.25, -0.2) is 14.2 Å². The minimum Gasteiger partial charge on any atom is -0.480 e. The summed E-state index contributed by atoms with van der Waals surface area (Å²) in [5.74, 6) is -0.932. The highest BCUT2D eigenvalue weighted by atomic mass is 19.1. The van der Waals surface area contributed by atoms with Crippen molar-refractivity contribution < 1.29 is 23.8 Å². The molecule has 4 heterocycles. The number of aliphatic hydroxyl groups is 1. The third kappa shape index (κ3) is 3.61. The number of carbonyl (C=O) groups excluding carboxylic acids is 1. The number of ether oxygens (including phenoxy) is 2. The zero-order valence-electron chi connectivity index (χ0n) is 19.4. The standard InChI is InChI=1S/C25H25FN4O5/c1-4-5-34-12(2)29(3)9-15-13-6-19(27)18(26)8-20(13)28-22-16(15)10-30-21(22)7-14-17(24(30)32)11-35-25(33)23(14)31/h6-8,23,31H,2,4-5,9-11,27H2,1,3H3. The smallest absolute Gasteiger partial charge is 0.340 e. The van der Waals surface area contributed by atoms with E-state index in [1.54, 1.807) is 12.1 Å². The number of cyclic esters (lactones) is 1. The van der Waals surface area contributed by atoms with Crippen molar-refractivity contribution in [3.63, 3.8) is 0 Å². The number of nitrogens with zero attached hydrogens (tertiary/aromatic N) is 3. The lowest BCUT2D eigenvalue weighted by molar-refractivity contribution is -0.157. The molecule has 1 aromatic carbocycles. The molecule has 35 heavy (non-hydrogen) atoms. The summed E-state index contributed by atoms with van der Waals surface area (Å²) in [5.41, 5.74) is 8.81. The first-order valence-electron chi connectivity index (χ1n) is 11.3. The molecule has 2 aromatic heterocycles. The van der Waals surface area contributed by atoms with Crippen LogP contribution in [0, 0.1) is 5.82 Å². The molecule has 0 fully saturated rings. The van der Waals surface area contributed by atoms with Crippen molar-refractivity contribution in [2.45, 2.75) is 39.1 Å². The summed E-state index contributed by atoms with van der Waals surface area (Å²) in [6.45, 7) is 6.86. The number of rotatable bonds is 6. The van der Waals surface area contributed by atoms with E-state index in [9.17, 15) is 19.1 Å². The number of anilines is 1. The van der Waals surface area contributed by atoms with Crippen molar-refractivity contribution in [3.05, 3.63) is 69.1 Å². The summed E-state index contributed by atoms with van der Waals surface area (Å²) in [6, 6.07) is 4.41. The number of halogens is 1. The number of hydrogen-bond donors (Lipinski definition) is 2. The Morgan fingerprint density at radius 1 is 1.37 bits per heavy atom. The molecule has 0 aliphatic carbocycles. The lowest BCUT2D eigenvalue weighted by Gasteiger charge is -2.24. The molecule has 2 aliphatic heterocycles. The van der Waals surface area contributed by atoms with Crippen LogP contribution in [0.4, 0.5) is 10.1 Å². The summed E-state index contributed by atoms with van der Waals surface area (Å²) in [5, 5.41) is 11.0. The van der Waals surface area contributed by atoms with Crippen LogP contribution in [0.25, 0.3) is 22.3 Å². The maximum Gasteiger partial charge on any atom is 0.340 e. The van der Waals surface area contributed by atoms with E-state index in [2.05, 4.69) is 11.6 Å². The van der Waals surface area contributed by atoms with Crippen LogP contribution in [0.1, 0.15) is 41.7 Å². The molecule has 1 atom stereocenters. The molecule has 0 amide bonds. The molecule has 10 heteroatoms. The minimum absolute atomic E-state index is 0.00821. The number of aliphatic hydroxyl groups excluding tert-OH is 1. The highest BCUT2D eigenvalue weighted by Gasteiger charge is 2.35. The van der Waals surface area contributed by atoms with Gasteiger partial charge >= 0.3 is 5.97 Å². The van der Waals surface area contributed by atoms with Gasteiger partial charge in [-0.3, -0.25) is 4.79 Å². The molecular weight excluding hydrogens is 455 g/mol. The normalized spacial score (nSPS) is 15.9. The molecule has 0 spiro atoms. The second kappa shape index (κ2) is 8.38. The van der Waals surface area contributed by atoms with Gasteiger partial charge in [-0.15, -0.1) is 0 Å². The first-order valence-corrected chi connectivity index (χ1v) is 11.3. The second-order valence-corrected chi connectivity index (χ2v) is 8.77. The number of benzene rings is 1. The maximum absolute atomic E-state index is 14.4. The van der Waals surface area contributed by atoms with Gasteiger partial charge in [0.25, 0.3) is 5.56 Å². The molecular formula is C25H25FN4O5. The summed E-state index contributed by atoms with van der Waals surface area (Å²) >= 11 is 0. The first-order chi connectivity index (χ1) is 16.7. The predicted octanol–water partition coefficient (Wildman–Crippen LogP) is 2.57. The van der Waals surface area contributed by atoms with Crippen LogP contribution in [-0.2, 0) is 34.0 Å². The van der Waals surface area contributed by atoms with Crippen LogP contribution in [-0.4, -0.2) is 39.2 Å². The van der Waals surface area contributed by atoms with Crippen molar-refractivity contribution in [2.24, 2.45) is 0 Å². The molecule has 3 N–H and O–H groups in total. The van der Waals surface area contributed by atoms with Crippen molar-refractivity contribution >= 4 is 22.6 Å². The van der Waals surface area contributed by atoms with Crippen LogP contribution >= 0.6 is 0 Å². The van der Waals surface area contributed by atoms with E-state index >= 15 is 0 Å². The largest absolute Gasteiger partial charge is 0.480 e. The van der Waals surface area contributed by atoms with E-state index in [0.29, 0.717) is 41.3 Å². The van der Waals surface area contributed by atoms with E-state index in [1.807, 2.05) is 18.9 Å². The molecule has 182 valence electrons. The van der Waals surface area contributed by atoms with Crippen molar-refractivity contribution in [1.82, 2.24) is 14.5 Å². The number of aromatic nitrogens is 2. The zero-order valence-corrected chi connectivity index (χ0v) is 19.4. The van der Waals surface area contributed by atoms with Crippen LogP contribution in [0.15, 0.2) is 35.5 Å². The van der Waals surface area contributed by atoms with Gasteiger partial charge < -0.3 is 29.8 Å². The van der Waals surface area contributed by atoms with Gasteiger partial charge in [-0.1, -0.05) is 6.92 Å². The molecule has 0 radical (unpaired) electrons. The third-order valence-electron chi connectivity index (χ3n) is 6.49. The van der Waals surface area contributed by atoms with E-state index in [4.69, 9.17) is 15.2 Å². The van der Waals surface area contributed by atoms with Gasteiger partial charge in [0.2, 0.25) is 0 Å². The Bertz CT molecular complexity index is 1460. The van der Waals surface area contributed by atoms with Crippen LogP contribution in [0.2, 0.25) is 0 Å². The highest BCUT2D eigenvalue weighted by Crippen LogP contribution is 2.39. The monoisotopic (exact) mass is 480 g/mol. The Kier molecular flexibility index (Phi) is 5.47. The third-order valence-corrected chi connectivity index (χ3v) is 6.49. The van der Waals surface area contributed by atoms with Gasteiger partial charge in [0, 0.05) is 36.2 Å². The molecule has 2 aliphatic rings. The number of nitrogens with two attached hydrogens (primary N) is 1. The fourth-order valence-electron chi connectivity index (χ4n) is 4.58. The van der Waals surface area contributed by atoms with Crippen molar-refractivity contribution in [2.75, 3.05) is 19.4 Å². The number of carbonyl (C=O) groups is 1. The van der Waals surface area contributed by atoms with Crippen LogP contribution in [0.3, 0.4) is 0 Å². The fourth-order valence-corrected chi connectivity index (χ4v) is 4.58. The number of fused-ring (bicyclic) bond motifs is 5. The predicted molar refractivity (Wildman–Crippen MR) is 127 cm³/mol. The van der Waals surface area contributed by atoms with E-state index < -0.39 is 17.9 Å². The number of hydrogen-bond acceptors (Lipinski definition) is 8. The van der Waals surface area contributed by atoms with Gasteiger partial charge in [-0.05, 0) is 30.7 Å². The molecule has 1 unspecified atom stereocenters. The van der Waals surface area contributed by atoms with Gasteiger partial charge in [0.05, 0.1) is 41.3 Å². The second-order valence-electron chi connectivity index (χ2n) is 8.77. The SMILES string of the molecule is C=C(OCCC)N(C)Cc1c2c(nc3cc(F)c(N)cc13)-c1cc3c(c(=O)n1C2)COC(=O)C3O. The average Bonchev–Trinajstić information content (AvgIpc) is 3.20. The first kappa shape index (κ1) is 22.9. The van der Waals surface area contributed by atoms with Crippen molar-refractivity contribution in [3.8, 4) is 11.4 Å². The Morgan fingerprint density at radius 3 is 2.89 bits per heavy atom. The van der Waals surface area contributed by atoms with Gasteiger partial charge in [0.1, 0.15) is 12.4 Å². The van der Waals surface area contributed by atoms with E-state index in [1.165, 1.54) is 10.6 Å². The zero-order chi connectivity index (χ0) is 25.0. The highest BCUT2D eigenvalue weighted by molar-refractivity contribution is 5.90. The van der Waals surface area contributed by atoms with Crippen molar-refractivity contribution in [1.29, 1.82) is 0 Å². The molecule has 0 bridgehead atoms. The quantitative estimate of drug-likeness (QED) is 0.246. The Balaban J connectivity index is 1.70. The summed E-state index contributed by atoms with van der Waals surface area (Å²) in [4.78, 5) is 31.7. The topological polar surface area (TPSA) is 120 Å². The molecule has 3 aromatic rings. The average molecular weight is 480 g/mol. The molecule has 0 saturated heterocycles. The van der Waals surface area contributed by atoms with E-state index in [0.717, 1.165) is 17.5 Å². The molecule has 9 nitrogen and oxygen atoms in total. The number of esters is 1. The Hall–Kier alpha value is -3.92.